The summed E-state index contributed by atoms with van der Waals surface area (Å²) in [4.78, 5) is 12.1. The average Bonchev–Trinajstić information content (AvgIpc) is 2.31. The minimum atomic E-state index is -0.0942. The molecule has 0 fully saturated rings. The summed E-state index contributed by atoms with van der Waals surface area (Å²) in [5.74, 6) is -0.0942. The minimum absolute atomic E-state index is 0.0942. The maximum atomic E-state index is 12.1. The molecule has 0 saturated heterocycles. The van der Waals surface area contributed by atoms with Crippen LogP contribution in [0.2, 0.25) is 0 Å². The molecule has 0 spiro atoms. The number of nitrogens with one attached hydrogen (secondary N) is 1. The second-order valence-corrected chi connectivity index (χ2v) is 5.25. The molecule has 0 aliphatic heterocycles. The van der Waals surface area contributed by atoms with E-state index in [-0.39, 0.29) is 5.91 Å². The van der Waals surface area contributed by atoms with E-state index >= 15 is 0 Å². The number of carbonyl (C=O) groups is 1. The molecule has 18 heavy (non-hydrogen) atoms. The maximum Gasteiger partial charge on any atom is 0.255 e. The zero-order chi connectivity index (χ0) is 13.1. The first kappa shape index (κ1) is 13.0. The Morgan fingerprint density at radius 2 is 1.67 bits per heavy atom. The number of benzene rings is 2. The first-order chi connectivity index (χ1) is 8.54. The number of halogens is 1. The van der Waals surface area contributed by atoms with Gasteiger partial charge in [0, 0.05) is 15.7 Å². The number of carbonyl (C=O) groups excluding carboxylic acids is 1. The van der Waals surface area contributed by atoms with Crippen LogP contribution in [0.25, 0.3) is 0 Å². The van der Waals surface area contributed by atoms with E-state index in [1.165, 1.54) is 5.46 Å². The summed E-state index contributed by atoms with van der Waals surface area (Å²) in [5, 5.41) is 2.88. The van der Waals surface area contributed by atoms with Crippen LogP contribution in [0.3, 0.4) is 0 Å². The minimum Gasteiger partial charge on any atom is -0.322 e. The van der Waals surface area contributed by atoms with E-state index in [4.69, 9.17) is 0 Å². The molecule has 0 aliphatic carbocycles. The quantitative estimate of drug-likeness (QED) is 0.790. The van der Waals surface area contributed by atoms with Gasteiger partial charge in [-0.1, -0.05) is 51.1 Å². The Hall–Kier alpha value is -1.48. The molecule has 2 aromatic rings. The lowest BCUT2D eigenvalue weighted by molar-refractivity contribution is 0.102. The van der Waals surface area contributed by atoms with Crippen molar-refractivity contribution in [1.29, 1.82) is 0 Å². The molecular formula is C13H12B2BrNO. The molecule has 0 aliphatic rings. The lowest BCUT2D eigenvalue weighted by Crippen LogP contribution is -2.15. The smallest absolute Gasteiger partial charge is 0.255 e. The van der Waals surface area contributed by atoms with Crippen LogP contribution in [0.4, 0.5) is 5.69 Å². The molecule has 0 radical (unpaired) electrons. The van der Waals surface area contributed by atoms with Crippen LogP contribution in [-0.4, -0.2) is 21.6 Å². The fourth-order valence-electron chi connectivity index (χ4n) is 1.71. The highest BCUT2D eigenvalue weighted by Gasteiger charge is 2.07. The summed E-state index contributed by atoms with van der Waals surface area (Å²) < 4.78 is 0.913. The summed E-state index contributed by atoms with van der Waals surface area (Å²) in [6.07, 6.45) is 0. The summed E-state index contributed by atoms with van der Waals surface area (Å²) in [6.45, 7) is 0. The van der Waals surface area contributed by atoms with Crippen molar-refractivity contribution in [2.45, 2.75) is 0 Å². The van der Waals surface area contributed by atoms with Crippen LogP contribution in [-0.2, 0) is 0 Å². The van der Waals surface area contributed by atoms with Gasteiger partial charge in [-0.25, -0.2) is 0 Å². The van der Waals surface area contributed by atoms with Crippen molar-refractivity contribution in [2.75, 3.05) is 5.32 Å². The highest BCUT2D eigenvalue weighted by Crippen LogP contribution is 2.12. The lowest BCUT2D eigenvalue weighted by Gasteiger charge is -2.07. The molecule has 2 rings (SSSR count). The van der Waals surface area contributed by atoms with E-state index in [9.17, 15) is 4.79 Å². The molecule has 5 heteroatoms. The van der Waals surface area contributed by atoms with Gasteiger partial charge in [0.05, 0.1) is 0 Å². The van der Waals surface area contributed by atoms with Crippen molar-refractivity contribution in [1.82, 2.24) is 0 Å². The van der Waals surface area contributed by atoms with Gasteiger partial charge >= 0.3 is 0 Å². The highest BCUT2D eigenvalue weighted by atomic mass is 79.9. The summed E-state index contributed by atoms with van der Waals surface area (Å²) >= 11 is 3.40. The van der Waals surface area contributed by atoms with Crippen molar-refractivity contribution in [3.8, 4) is 0 Å². The van der Waals surface area contributed by atoms with Crippen LogP contribution in [0.5, 0.6) is 0 Å². The fraction of sp³-hybridized carbons (Fsp3) is 0. The van der Waals surface area contributed by atoms with E-state index in [1.807, 2.05) is 58.2 Å². The van der Waals surface area contributed by atoms with E-state index in [0.29, 0.717) is 5.56 Å². The fourth-order valence-corrected chi connectivity index (χ4v) is 2.32. The van der Waals surface area contributed by atoms with Crippen LogP contribution in [0, 0.1) is 0 Å². The molecule has 2 nitrogen and oxygen atoms in total. The van der Waals surface area contributed by atoms with E-state index in [2.05, 4.69) is 21.2 Å². The first-order valence-electron chi connectivity index (χ1n) is 5.70. The van der Waals surface area contributed by atoms with Crippen LogP contribution >= 0.6 is 15.9 Å². The van der Waals surface area contributed by atoms with Gasteiger partial charge in [0.15, 0.2) is 0 Å². The first-order valence-corrected chi connectivity index (χ1v) is 6.49. The van der Waals surface area contributed by atoms with Crippen molar-refractivity contribution < 1.29 is 4.79 Å². The molecule has 0 bridgehead atoms. The molecule has 0 saturated carbocycles. The molecule has 88 valence electrons. The van der Waals surface area contributed by atoms with Crippen molar-refractivity contribution in [3.05, 3.63) is 52.5 Å². The van der Waals surface area contributed by atoms with Gasteiger partial charge in [-0.05, 0) is 18.2 Å². The number of amides is 1. The Labute approximate surface area is 117 Å². The Kier molecular flexibility index (Phi) is 3.92. The van der Waals surface area contributed by atoms with Crippen LogP contribution < -0.4 is 16.2 Å². The second-order valence-electron chi connectivity index (χ2n) is 4.34. The van der Waals surface area contributed by atoms with Crippen molar-refractivity contribution in [2.24, 2.45) is 0 Å². The number of hydrogen-bond acceptors (Lipinski definition) is 1. The van der Waals surface area contributed by atoms with E-state index in [0.717, 1.165) is 15.6 Å². The van der Waals surface area contributed by atoms with Crippen LogP contribution in [0.15, 0.2) is 46.9 Å². The molecule has 0 atom stereocenters. The predicted molar refractivity (Wildman–Crippen MR) is 84.9 cm³/mol. The third kappa shape index (κ3) is 3.26. The molecule has 2 aromatic carbocycles. The van der Waals surface area contributed by atoms with Crippen LogP contribution in [0.1, 0.15) is 10.4 Å². The standard InChI is InChI=1S/C13H12B2BrNO/c14-9-1-3-12(4-2-9)17-13(18)8-5-10(15)7-11(16)6-8/h1-7H,14-15H2,(H,17,18). The Morgan fingerprint density at radius 3 is 2.28 bits per heavy atom. The third-order valence-corrected chi connectivity index (χ3v) is 3.07. The summed E-state index contributed by atoms with van der Waals surface area (Å²) in [6, 6.07) is 13.4. The highest BCUT2D eigenvalue weighted by molar-refractivity contribution is 9.10. The number of hydrogen-bond donors (Lipinski definition) is 1. The van der Waals surface area contributed by atoms with Crippen molar-refractivity contribution >= 4 is 54.1 Å². The Balaban J connectivity index is 2.19. The SMILES string of the molecule is Bc1ccc(NC(=O)c2cc(B)cc(Br)c2)cc1. The van der Waals surface area contributed by atoms with Gasteiger partial charge < -0.3 is 5.32 Å². The monoisotopic (exact) mass is 299 g/mol. The average molecular weight is 300 g/mol. The molecule has 0 unspecified atom stereocenters. The van der Waals surface area contributed by atoms with Gasteiger partial charge in [-0.2, -0.15) is 0 Å². The molecule has 0 heterocycles. The van der Waals surface area contributed by atoms with Gasteiger partial charge in [-0.3, -0.25) is 4.79 Å². The molecular weight excluding hydrogens is 288 g/mol. The van der Waals surface area contributed by atoms with Gasteiger partial charge in [0.2, 0.25) is 0 Å². The maximum absolute atomic E-state index is 12.1. The van der Waals surface area contributed by atoms with E-state index < -0.39 is 0 Å². The lowest BCUT2D eigenvalue weighted by atomic mass is 9.94. The zero-order valence-corrected chi connectivity index (χ0v) is 11.9. The molecule has 1 N–H and O–H groups in total. The van der Waals surface area contributed by atoms with Crippen molar-refractivity contribution in [3.63, 3.8) is 0 Å². The number of rotatable bonds is 2. The van der Waals surface area contributed by atoms with Gasteiger partial charge in [-0.15, -0.1) is 0 Å². The van der Waals surface area contributed by atoms with Gasteiger partial charge in [0.25, 0.3) is 5.91 Å². The summed E-state index contributed by atoms with van der Waals surface area (Å²) in [5.41, 5.74) is 3.69. The Morgan fingerprint density at radius 1 is 1.00 bits per heavy atom. The topological polar surface area (TPSA) is 29.1 Å². The van der Waals surface area contributed by atoms with E-state index in [1.54, 1.807) is 0 Å². The summed E-state index contributed by atoms with van der Waals surface area (Å²) in [7, 11) is 3.98. The number of anilines is 1. The predicted octanol–water partition coefficient (Wildman–Crippen LogP) is 0.218. The third-order valence-electron chi connectivity index (χ3n) is 2.61. The molecule has 1 amide bonds. The second kappa shape index (κ2) is 5.44. The van der Waals surface area contributed by atoms with Gasteiger partial charge in [0.1, 0.15) is 15.7 Å². The normalized spacial score (nSPS) is 10.1. The molecule has 0 aromatic heterocycles. The largest absolute Gasteiger partial charge is 0.322 e. The zero-order valence-electron chi connectivity index (χ0n) is 10.3. The Bertz CT molecular complexity index is 564.